The molecule has 0 radical (unpaired) electrons. The number of allylic oxidation sites excluding steroid dienone is 2. The van der Waals surface area contributed by atoms with Gasteiger partial charge in [-0.15, -0.1) is 0 Å². The Hall–Kier alpha value is -1.71. The number of rotatable bonds is 0. The van der Waals surface area contributed by atoms with Gasteiger partial charge in [0.05, 0.1) is 5.57 Å². The predicted octanol–water partition coefficient (Wildman–Crippen LogP) is -0.0809. The molecule has 2 aliphatic rings. The maximum Gasteiger partial charge on any atom is 0.258 e. The van der Waals surface area contributed by atoms with E-state index in [-0.39, 0.29) is 5.91 Å². The molecule has 1 aliphatic carbocycles. The number of carbonyl (C=O) groups excluding carboxylic acids is 2. The van der Waals surface area contributed by atoms with Gasteiger partial charge in [-0.2, -0.15) is 0 Å². The summed E-state index contributed by atoms with van der Waals surface area (Å²) in [5.74, 6) is -0.741. The van der Waals surface area contributed by atoms with Crippen LogP contribution < -0.4 is 5.32 Å². The molecule has 2 amide bonds. The van der Waals surface area contributed by atoms with Gasteiger partial charge in [-0.05, 0) is 6.08 Å². The van der Waals surface area contributed by atoms with Crippen LogP contribution in [-0.2, 0) is 9.59 Å². The minimum absolute atomic E-state index is 0.330. The van der Waals surface area contributed by atoms with Crippen LogP contribution >= 0.6 is 0 Å². The third-order valence-corrected chi connectivity index (χ3v) is 1.85. The van der Waals surface area contributed by atoms with E-state index in [0.717, 1.165) is 0 Å². The van der Waals surface area contributed by atoms with Crippen LogP contribution in [-0.4, -0.2) is 17.5 Å². The molecule has 60 valence electrons. The maximum absolute atomic E-state index is 11.0. The summed E-state index contributed by atoms with van der Waals surface area (Å²) in [4.78, 5) is 22.0. The van der Waals surface area contributed by atoms with E-state index in [1.165, 1.54) is 6.08 Å². The van der Waals surface area contributed by atoms with Crippen molar-refractivity contribution in [1.82, 2.24) is 5.32 Å². The number of imide groups is 1. The topological polar surface area (TPSA) is 70.0 Å². The first-order valence-corrected chi connectivity index (χ1v) is 3.54. The Bertz CT molecular complexity index is 363. The zero-order chi connectivity index (χ0) is 8.72. The molecule has 0 unspecified atom stereocenters. The molecule has 0 aromatic heterocycles. The molecule has 2 N–H and O–H groups in total. The molecular weight excluding hydrogens is 156 g/mol. The fourth-order valence-electron chi connectivity index (χ4n) is 1.27. The summed E-state index contributed by atoms with van der Waals surface area (Å²) in [7, 11) is 0. The highest BCUT2D eigenvalue weighted by Crippen LogP contribution is 2.21. The standard InChI is InChI=1S/C8H6N2O2/c9-4-1-2-5-6(3-4)8(12)10-7(5)11/h2-3,9H,1H2,(H,10,11,12). The van der Waals surface area contributed by atoms with Crippen molar-refractivity contribution in [2.75, 3.05) is 0 Å². The largest absolute Gasteiger partial charge is 0.305 e. The fourth-order valence-corrected chi connectivity index (χ4v) is 1.27. The second-order valence-electron chi connectivity index (χ2n) is 2.69. The van der Waals surface area contributed by atoms with E-state index in [9.17, 15) is 9.59 Å². The summed E-state index contributed by atoms with van der Waals surface area (Å²) in [6.45, 7) is 0. The molecule has 0 saturated carbocycles. The SMILES string of the molecule is N=C1C=C2C(=O)NC(=O)C2=CC1. The summed E-state index contributed by atoms with van der Waals surface area (Å²) < 4.78 is 0. The van der Waals surface area contributed by atoms with Gasteiger partial charge in [0.2, 0.25) is 0 Å². The summed E-state index contributed by atoms with van der Waals surface area (Å²) >= 11 is 0. The van der Waals surface area contributed by atoms with Gasteiger partial charge in [0.1, 0.15) is 0 Å². The summed E-state index contributed by atoms with van der Waals surface area (Å²) in [5, 5.41) is 9.45. The maximum atomic E-state index is 11.0. The van der Waals surface area contributed by atoms with E-state index < -0.39 is 5.91 Å². The number of hydrogen-bond acceptors (Lipinski definition) is 3. The lowest BCUT2D eigenvalue weighted by Gasteiger charge is -2.03. The quantitative estimate of drug-likeness (QED) is 0.489. The van der Waals surface area contributed by atoms with Crippen LogP contribution in [0.1, 0.15) is 6.42 Å². The van der Waals surface area contributed by atoms with E-state index in [4.69, 9.17) is 5.41 Å². The minimum Gasteiger partial charge on any atom is -0.305 e. The zero-order valence-corrected chi connectivity index (χ0v) is 6.18. The Labute approximate surface area is 68.5 Å². The number of fused-ring (bicyclic) bond motifs is 1. The molecule has 12 heavy (non-hydrogen) atoms. The molecular formula is C8H6N2O2. The van der Waals surface area contributed by atoms with Gasteiger partial charge >= 0.3 is 0 Å². The highest BCUT2D eigenvalue weighted by atomic mass is 16.2. The lowest BCUT2D eigenvalue weighted by molar-refractivity contribution is -0.123. The number of nitrogens with one attached hydrogen (secondary N) is 2. The lowest BCUT2D eigenvalue weighted by Crippen LogP contribution is -2.19. The van der Waals surface area contributed by atoms with Crippen molar-refractivity contribution in [2.45, 2.75) is 6.42 Å². The third kappa shape index (κ3) is 0.812. The van der Waals surface area contributed by atoms with E-state index in [2.05, 4.69) is 5.32 Å². The van der Waals surface area contributed by atoms with Crippen LogP contribution in [0, 0.1) is 5.41 Å². The van der Waals surface area contributed by atoms with Crippen LogP contribution in [0.4, 0.5) is 0 Å². The van der Waals surface area contributed by atoms with Crippen molar-refractivity contribution in [2.24, 2.45) is 0 Å². The molecule has 0 aromatic carbocycles. The molecule has 0 bridgehead atoms. The van der Waals surface area contributed by atoms with Crippen LogP contribution in [0.25, 0.3) is 0 Å². The lowest BCUT2D eigenvalue weighted by atomic mass is 9.99. The van der Waals surface area contributed by atoms with Crippen LogP contribution in [0.3, 0.4) is 0 Å². The first-order chi connectivity index (χ1) is 5.68. The Morgan fingerprint density at radius 1 is 1.25 bits per heavy atom. The van der Waals surface area contributed by atoms with Gasteiger partial charge in [-0.25, -0.2) is 0 Å². The molecule has 1 saturated heterocycles. The van der Waals surface area contributed by atoms with Crippen molar-refractivity contribution < 1.29 is 9.59 Å². The average Bonchev–Trinajstić information content (AvgIpc) is 2.28. The van der Waals surface area contributed by atoms with Gasteiger partial charge in [-0.1, -0.05) is 6.08 Å². The first-order valence-electron chi connectivity index (χ1n) is 3.54. The monoisotopic (exact) mass is 162 g/mol. The molecule has 4 nitrogen and oxygen atoms in total. The fraction of sp³-hybridized carbons (Fsp3) is 0.125. The van der Waals surface area contributed by atoms with Gasteiger partial charge < -0.3 is 5.41 Å². The van der Waals surface area contributed by atoms with E-state index in [1.807, 2.05) is 0 Å². The van der Waals surface area contributed by atoms with Crippen LogP contribution in [0.2, 0.25) is 0 Å². The second-order valence-corrected chi connectivity index (χ2v) is 2.69. The Morgan fingerprint density at radius 3 is 2.67 bits per heavy atom. The van der Waals surface area contributed by atoms with Crippen molar-refractivity contribution in [3.63, 3.8) is 0 Å². The smallest absolute Gasteiger partial charge is 0.258 e. The molecule has 1 aliphatic heterocycles. The molecule has 0 aromatic rings. The van der Waals surface area contributed by atoms with Crippen molar-refractivity contribution >= 4 is 17.5 Å². The zero-order valence-electron chi connectivity index (χ0n) is 6.18. The van der Waals surface area contributed by atoms with E-state index >= 15 is 0 Å². The first kappa shape index (κ1) is 6.97. The van der Waals surface area contributed by atoms with Crippen molar-refractivity contribution in [3.8, 4) is 0 Å². The molecule has 4 heteroatoms. The Balaban J connectivity index is 2.53. The predicted molar refractivity (Wildman–Crippen MR) is 41.7 cm³/mol. The van der Waals surface area contributed by atoms with Crippen molar-refractivity contribution in [1.29, 1.82) is 5.41 Å². The molecule has 1 fully saturated rings. The molecule has 2 rings (SSSR count). The third-order valence-electron chi connectivity index (χ3n) is 1.85. The van der Waals surface area contributed by atoms with Crippen molar-refractivity contribution in [3.05, 3.63) is 23.3 Å². The highest BCUT2D eigenvalue weighted by molar-refractivity contribution is 6.27. The minimum atomic E-state index is -0.393. The summed E-state index contributed by atoms with van der Waals surface area (Å²) in [5.41, 5.74) is 1.10. The second kappa shape index (κ2) is 2.14. The average molecular weight is 162 g/mol. The molecule has 0 spiro atoms. The molecule has 0 atom stereocenters. The summed E-state index contributed by atoms with van der Waals surface area (Å²) in [6, 6.07) is 0. The Morgan fingerprint density at radius 2 is 1.92 bits per heavy atom. The van der Waals surface area contributed by atoms with Crippen LogP contribution in [0.15, 0.2) is 23.3 Å². The van der Waals surface area contributed by atoms with E-state index in [0.29, 0.717) is 23.3 Å². The Kier molecular flexibility index (Phi) is 1.24. The van der Waals surface area contributed by atoms with Gasteiger partial charge in [0.25, 0.3) is 11.8 Å². The summed E-state index contributed by atoms with van der Waals surface area (Å²) in [6.07, 6.45) is 3.48. The highest BCUT2D eigenvalue weighted by Gasteiger charge is 2.31. The van der Waals surface area contributed by atoms with Gasteiger partial charge in [0, 0.05) is 17.7 Å². The molecule has 1 heterocycles. The van der Waals surface area contributed by atoms with Gasteiger partial charge in [0.15, 0.2) is 0 Å². The van der Waals surface area contributed by atoms with E-state index in [1.54, 1.807) is 6.08 Å². The number of hydrogen-bond donors (Lipinski definition) is 2. The van der Waals surface area contributed by atoms with Gasteiger partial charge in [-0.3, -0.25) is 14.9 Å². The number of carbonyl (C=O) groups is 2. The normalized spacial score (nSPS) is 21.5. The van der Waals surface area contributed by atoms with Crippen LogP contribution in [0.5, 0.6) is 0 Å². The number of amides is 2.